The van der Waals surface area contributed by atoms with Crippen LogP contribution >= 0.6 is 0 Å². The van der Waals surface area contributed by atoms with Gasteiger partial charge in [-0.3, -0.25) is 4.79 Å². The van der Waals surface area contributed by atoms with Crippen molar-refractivity contribution in [1.29, 1.82) is 0 Å². The van der Waals surface area contributed by atoms with Crippen LogP contribution in [-0.4, -0.2) is 48.4 Å². The highest BCUT2D eigenvalue weighted by atomic mass is 19.4. The predicted octanol–water partition coefficient (Wildman–Crippen LogP) is 3.68. The van der Waals surface area contributed by atoms with Crippen LogP contribution in [0.5, 0.6) is 0 Å². The fourth-order valence-electron chi connectivity index (χ4n) is 3.48. The summed E-state index contributed by atoms with van der Waals surface area (Å²) in [4.78, 5) is 13.5. The molecule has 1 aromatic carbocycles. The largest absolute Gasteiger partial charge is 0.497 e. The average molecular weight is 419 g/mol. The van der Waals surface area contributed by atoms with Crippen molar-refractivity contribution >= 4 is 18.5 Å². The molecule has 1 amide bonds. The number of alkyl halides is 3. The Bertz CT molecular complexity index is 796. The van der Waals surface area contributed by atoms with Crippen molar-refractivity contribution in [2.45, 2.75) is 57.9 Å². The van der Waals surface area contributed by atoms with Crippen LogP contribution in [0.1, 0.15) is 50.9 Å². The van der Waals surface area contributed by atoms with Gasteiger partial charge in [-0.25, -0.2) is 8.78 Å². The Kier molecular flexibility index (Phi) is 5.49. The Morgan fingerprint density at radius 2 is 1.69 bits per heavy atom. The van der Waals surface area contributed by atoms with E-state index in [0.717, 1.165) is 11.0 Å². The standard InChI is InChI=1S/C19H23BF5NO3/c1-17(2)18(3,4)29-20(28-17)13-9-14(21)12(8-15(13)22)16(27)26-7-5-6-11(10-26)19(23,24)25/h8-9,11H,5-7,10H2,1-4H3. The van der Waals surface area contributed by atoms with Crippen molar-refractivity contribution in [3.05, 3.63) is 29.3 Å². The number of nitrogens with zero attached hydrogens (tertiary/aromatic N) is 1. The lowest BCUT2D eigenvalue weighted by Gasteiger charge is -2.33. The van der Waals surface area contributed by atoms with Gasteiger partial charge in [0, 0.05) is 18.6 Å². The summed E-state index contributed by atoms with van der Waals surface area (Å²) in [7, 11) is -1.16. The Labute approximate surface area is 166 Å². The minimum Gasteiger partial charge on any atom is -0.399 e. The second-order valence-electron chi connectivity index (χ2n) is 8.57. The summed E-state index contributed by atoms with van der Waals surface area (Å²) < 4.78 is 79.7. The molecule has 2 saturated heterocycles. The van der Waals surface area contributed by atoms with Crippen molar-refractivity contribution in [2.24, 2.45) is 5.92 Å². The number of hydrogen-bond acceptors (Lipinski definition) is 3. The maximum atomic E-state index is 14.7. The fraction of sp³-hybridized carbons (Fsp3) is 0.632. The lowest BCUT2D eigenvalue weighted by molar-refractivity contribution is -0.184. The number of carbonyl (C=O) groups is 1. The van der Waals surface area contributed by atoms with Crippen molar-refractivity contribution in [3.63, 3.8) is 0 Å². The van der Waals surface area contributed by atoms with E-state index in [4.69, 9.17) is 9.31 Å². The smallest absolute Gasteiger partial charge is 0.399 e. The minimum atomic E-state index is -4.44. The molecule has 0 bridgehead atoms. The van der Waals surface area contributed by atoms with E-state index in [1.165, 1.54) is 0 Å². The molecule has 1 atom stereocenters. The summed E-state index contributed by atoms with van der Waals surface area (Å²) in [5, 5.41) is 0. The molecule has 2 fully saturated rings. The second kappa shape index (κ2) is 7.23. The molecule has 0 saturated carbocycles. The first-order valence-corrected chi connectivity index (χ1v) is 9.43. The first-order valence-electron chi connectivity index (χ1n) is 9.43. The van der Waals surface area contributed by atoms with Crippen LogP contribution in [0.3, 0.4) is 0 Å². The first kappa shape index (κ1) is 22.0. The van der Waals surface area contributed by atoms with Gasteiger partial charge in [0.15, 0.2) is 0 Å². The van der Waals surface area contributed by atoms with Crippen LogP contribution in [0.25, 0.3) is 0 Å². The number of rotatable bonds is 2. The summed E-state index contributed by atoms with van der Waals surface area (Å²) >= 11 is 0. The van der Waals surface area contributed by atoms with Crippen LogP contribution in [-0.2, 0) is 9.31 Å². The summed E-state index contributed by atoms with van der Waals surface area (Å²) in [6.07, 6.45) is -4.39. The number of amides is 1. The average Bonchev–Trinajstić information content (AvgIpc) is 2.82. The highest BCUT2D eigenvalue weighted by Gasteiger charge is 2.52. The summed E-state index contributed by atoms with van der Waals surface area (Å²) in [6.45, 7) is 6.52. The quantitative estimate of drug-likeness (QED) is 0.543. The number of piperidine rings is 1. The van der Waals surface area contributed by atoms with Gasteiger partial charge in [0.05, 0.1) is 22.7 Å². The zero-order chi connectivity index (χ0) is 21.8. The van der Waals surface area contributed by atoms with E-state index >= 15 is 0 Å². The lowest BCUT2D eigenvalue weighted by Crippen LogP contribution is -2.45. The van der Waals surface area contributed by atoms with Gasteiger partial charge >= 0.3 is 13.3 Å². The summed E-state index contributed by atoms with van der Waals surface area (Å²) in [5.74, 6) is -4.58. The van der Waals surface area contributed by atoms with Crippen LogP contribution < -0.4 is 5.46 Å². The Balaban J connectivity index is 1.84. The molecule has 1 unspecified atom stereocenters. The zero-order valence-corrected chi connectivity index (χ0v) is 16.7. The molecule has 1 aromatic rings. The fourth-order valence-corrected chi connectivity index (χ4v) is 3.48. The van der Waals surface area contributed by atoms with E-state index in [9.17, 15) is 26.7 Å². The van der Waals surface area contributed by atoms with Crippen molar-refractivity contribution < 1.29 is 36.1 Å². The molecule has 0 N–H and O–H groups in total. The van der Waals surface area contributed by atoms with Gasteiger partial charge in [-0.15, -0.1) is 0 Å². The lowest BCUT2D eigenvalue weighted by atomic mass is 9.78. The molecule has 2 heterocycles. The van der Waals surface area contributed by atoms with E-state index in [0.29, 0.717) is 6.07 Å². The van der Waals surface area contributed by atoms with E-state index < -0.39 is 60.1 Å². The maximum Gasteiger partial charge on any atom is 0.497 e. The number of carbonyl (C=O) groups excluding carboxylic acids is 1. The molecular weight excluding hydrogens is 396 g/mol. The molecule has 2 aliphatic rings. The molecule has 160 valence electrons. The van der Waals surface area contributed by atoms with Gasteiger partial charge in [-0.2, -0.15) is 13.2 Å². The van der Waals surface area contributed by atoms with Crippen LogP contribution in [0.2, 0.25) is 0 Å². The number of likely N-dealkylation sites (tertiary alicyclic amines) is 1. The highest BCUT2D eigenvalue weighted by Crippen LogP contribution is 2.37. The molecule has 4 nitrogen and oxygen atoms in total. The Morgan fingerprint density at radius 3 is 2.24 bits per heavy atom. The zero-order valence-electron chi connectivity index (χ0n) is 16.7. The van der Waals surface area contributed by atoms with Crippen molar-refractivity contribution in [1.82, 2.24) is 4.90 Å². The molecule has 0 radical (unpaired) electrons. The van der Waals surface area contributed by atoms with Crippen LogP contribution in [0, 0.1) is 17.6 Å². The number of hydrogen-bond donors (Lipinski definition) is 0. The predicted molar refractivity (Wildman–Crippen MR) is 96.8 cm³/mol. The summed E-state index contributed by atoms with van der Waals surface area (Å²) in [6, 6.07) is 1.52. The molecule has 0 aromatic heterocycles. The summed E-state index contributed by atoms with van der Waals surface area (Å²) in [5.41, 5.74) is -2.35. The number of halogens is 5. The highest BCUT2D eigenvalue weighted by molar-refractivity contribution is 6.62. The van der Waals surface area contributed by atoms with Gasteiger partial charge in [0.25, 0.3) is 5.91 Å². The monoisotopic (exact) mass is 419 g/mol. The Hall–Kier alpha value is -1.68. The molecule has 3 rings (SSSR count). The molecule has 0 aliphatic carbocycles. The van der Waals surface area contributed by atoms with Crippen LogP contribution in [0.15, 0.2) is 12.1 Å². The second-order valence-corrected chi connectivity index (χ2v) is 8.57. The molecule has 0 spiro atoms. The Morgan fingerprint density at radius 1 is 1.10 bits per heavy atom. The van der Waals surface area contributed by atoms with E-state index in [-0.39, 0.29) is 24.8 Å². The third-order valence-electron chi connectivity index (χ3n) is 6.00. The van der Waals surface area contributed by atoms with E-state index in [1.807, 2.05) is 0 Å². The third kappa shape index (κ3) is 4.14. The molecular formula is C19H23BF5NO3. The topological polar surface area (TPSA) is 38.8 Å². The van der Waals surface area contributed by atoms with Crippen molar-refractivity contribution in [2.75, 3.05) is 13.1 Å². The van der Waals surface area contributed by atoms with E-state index in [1.54, 1.807) is 27.7 Å². The molecule has 10 heteroatoms. The van der Waals surface area contributed by atoms with Gasteiger partial charge < -0.3 is 14.2 Å². The van der Waals surface area contributed by atoms with E-state index in [2.05, 4.69) is 0 Å². The van der Waals surface area contributed by atoms with Gasteiger partial charge in [-0.1, -0.05) is 0 Å². The SMILES string of the molecule is CC1(C)OB(c2cc(F)c(C(=O)N3CCCC(C(F)(F)F)C3)cc2F)OC1(C)C. The maximum absolute atomic E-state index is 14.7. The van der Waals surface area contributed by atoms with Gasteiger partial charge in [0.1, 0.15) is 11.6 Å². The molecule has 2 aliphatic heterocycles. The number of benzene rings is 1. The van der Waals surface area contributed by atoms with Crippen molar-refractivity contribution in [3.8, 4) is 0 Å². The third-order valence-corrected chi connectivity index (χ3v) is 6.00. The van der Waals surface area contributed by atoms with Gasteiger partial charge in [-0.05, 0) is 52.7 Å². The minimum absolute atomic E-state index is 0.0610. The normalized spacial score (nSPS) is 24.1. The van der Waals surface area contributed by atoms with Crippen LogP contribution in [0.4, 0.5) is 22.0 Å². The molecule has 29 heavy (non-hydrogen) atoms. The first-order chi connectivity index (χ1) is 13.2. The van der Waals surface area contributed by atoms with Gasteiger partial charge in [0.2, 0.25) is 0 Å².